The molecule has 3 amide bonds. The van der Waals surface area contributed by atoms with Crippen LogP contribution in [0.5, 0.6) is 0 Å². The first-order chi connectivity index (χ1) is 11.2. The highest BCUT2D eigenvalue weighted by Crippen LogP contribution is 2.19. The summed E-state index contributed by atoms with van der Waals surface area (Å²) in [5.74, 6) is -1.34. The molecule has 2 aliphatic rings. The molecule has 1 fully saturated rings. The number of aromatic nitrogens is 1. The normalized spacial score (nSPS) is 18.2. The largest absolute Gasteiger partial charge is 0.379 e. The van der Waals surface area contributed by atoms with Crippen LogP contribution < -0.4 is 5.32 Å². The van der Waals surface area contributed by atoms with E-state index in [-0.39, 0.29) is 23.7 Å². The third kappa shape index (κ3) is 3.38. The summed E-state index contributed by atoms with van der Waals surface area (Å²) in [7, 11) is 0. The molecule has 8 nitrogen and oxygen atoms in total. The fraction of sp³-hybridized carbons (Fsp3) is 0.467. The van der Waals surface area contributed by atoms with Crippen molar-refractivity contribution in [3.8, 4) is 0 Å². The van der Waals surface area contributed by atoms with E-state index in [9.17, 15) is 14.4 Å². The van der Waals surface area contributed by atoms with Gasteiger partial charge >= 0.3 is 0 Å². The first-order valence-electron chi connectivity index (χ1n) is 7.55. The first kappa shape index (κ1) is 15.6. The van der Waals surface area contributed by atoms with Gasteiger partial charge in [0.05, 0.1) is 18.8 Å². The lowest BCUT2D eigenvalue weighted by molar-refractivity contribution is -0.121. The molecule has 0 unspecified atom stereocenters. The van der Waals surface area contributed by atoms with Crippen LogP contribution in [0.15, 0.2) is 18.3 Å². The summed E-state index contributed by atoms with van der Waals surface area (Å²) in [6.45, 7) is 4.02. The summed E-state index contributed by atoms with van der Waals surface area (Å²) >= 11 is 0. The Labute approximate surface area is 133 Å². The van der Waals surface area contributed by atoms with E-state index in [1.165, 1.54) is 6.20 Å². The number of carbonyl (C=O) groups excluding carboxylic acids is 3. The van der Waals surface area contributed by atoms with E-state index in [2.05, 4.69) is 15.2 Å². The Morgan fingerprint density at radius 1 is 1.26 bits per heavy atom. The molecule has 1 aromatic heterocycles. The zero-order valence-corrected chi connectivity index (χ0v) is 12.7. The van der Waals surface area contributed by atoms with E-state index < -0.39 is 11.8 Å². The predicted molar refractivity (Wildman–Crippen MR) is 79.9 cm³/mol. The number of ether oxygens (including phenoxy) is 1. The summed E-state index contributed by atoms with van der Waals surface area (Å²) in [6.07, 6.45) is 1.45. The van der Waals surface area contributed by atoms with Crippen LogP contribution in [0.25, 0.3) is 0 Å². The van der Waals surface area contributed by atoms with Gasteiger partial charge in [-0.05, 0) is 12.1 Å². The topological polar surface area (TPSA) is 91.8 Å². The Bertz CT molecular complexity index is 593. The van der Waals surface area contributed by atoms with E-state index in [0.717, 1.165) is 24.5 Å². The highest BCUT2D eigenvalue weighted by Gasteiger charge is 2.37. The maximum atomic E-state index is 12.1. The Balaban J connectivity index is 1.49. The molecule has 8 heteroatoms. The van der Waals surface area contributed by atoms with E-state index >= 15 is 0 Å². The number of rotatable bonds is 5. The van der Waals surface area contributed by atoms with Crippen LogP contribution in [0.4, 0.5) is 0 Å². The van der Waals surface area contributed by atoms with Gasteiger partial charge in [-0.25, -0.2) is 0 Å². The molecule has 3 heterocycles. The van der Waals surface area contributed by atoms with E-state index in [0.29, 0.717) is 19.8 Å². The quantitative estimate of drug-likeness (QED) is 0.709. The summed E-state index contributed by atoms with van der Waals surface area (Å²) in [5, 5.41) is 2.74. The van der Waals surface area contributed by atoms with Gasteiger partial charge in [0.25, 0.3) is 11.8 Å². The predicted octanol–water partition coefficient (Wildman–Crippen LogP) is -0.874. The zero-order chi connectivity index (χ0) is 16.2. The van der Waals surface area contributed by atoms with Crippen LogP contribution in [0.1, 0.15) is 20.8 Å². The second kappa shape index (κ2) is 6.84. The molecule has 0 bridgehead atoms. The maximum absolute atomic E-state index is 12.1. The summed E-state index contributed by atoms with van der Waals surface area (Å²) < 4.78 is 5.25. The number of morpholine rings is 1. The van der Waals surface area contributed by atoms with Gasteiger partial charge in [-0.3, -0.25) is 29.2 Å². The number of hydrogen-bond acceptors (Lipinski definition) is 6. The highest BCUT2D eigenvalue weighted by molar-refractivity contribution is 6.21. The van der Waals surface area contributed by atoms with Gasteiger partial charge in [0.15, 0.2) is 0 Å². The van der Waals surface area contributed by atoms with Gasteiger partial charge < -0.3 is 10.1 Å². The third-order valence-corrected chi connectivity index (χ3v) is 3.89. The number of nitrogens with one attached hydrogen (secondary N) is 1. The molecule has 1 aromatic rings. The van der Waals surface area contributed by atoms with Gasteiger partial charge in [0.1, 0.15) is 12.2 Å². The standard InChI is InChI=1S/C15H18N4O4/c20-12(16-4-5-18-6-8-23-9-7-18)10-19-14(21)11-2-1-3-17-13(11)15(19)22/h1-3H,4-10H2,(H,16,20). The summed E-state index contributed by atoms with van der Waals surface area (Å²) in [4.78, 5) is 43.2. The molecule has 0 saturated carbocycles. The number of pyridine rings is 1. The minimum absolute atomic E-state index is 0.110. The van der Waals surface area contributed by atoms with Crippen LogP contribution in [0.3, 0.4) is 0 Å². The first-order valence-corrected chi connectivity index (χ1v) is 7.55. The van der Waals surface area contributed by atoms with Crippen molar-refractivity contribution in [2.45, 2.75) is 0 Å². The smallest absolute Gasteiger partial charge is 0.280 e. The van der Waals surface area contributed by atoms with E-state index in [1.54, 1.807) is 12.1 Å². The van der Waals surface area contributed by atoms with Crippen molar-refractivity contribution < 1.29 is 19.1 Å². The number of imide groups is 1. The SMILES string of the molecule is O=C(CN1C(=O)c2cccnc2C1=O)NCCN1CCOCC1. The molecular formula is C15H18N4O4. The van der Waals surface area contributed by atoms with Crippen LogP contribution in [-0.4, -0.2) is 78.4 Å². The maximum Gasteiger partial charge on any atom is 0.280 e. The lowest BCUT2D eigenvalue weighted by atomic mass is 10.2. The molecule has 1 N–H and O–H groups in total. The molecule has 0 aliphatic carbocycles. The molecule has 0 spiro atoms. The Kier molecular flexibility index (Phi) is 4.63. The van der Waals surface area contributed by atoms with E-state index in [1.807, 2.05) is 0 Å². The van der Waals surface area contributed by atoms with Crippen molar-refractivity contribution in [1.82, 2.24) is 20.1 Å². The van der Waals surface area contributed by atoms with Gasteiger partial charge in [0.2, 0.25) is 5.91 Å². The van der Waals surface area contributed by atoms with Gasteiger partial charge in [-0.2, -0.15) is 0 Å². The summed E-state index contributed by atoms with van der Waals surface area (Å²) in [6, 6.07) is 3.13. The average Bonchev–Trinajstić information content (AvgIpc) is 2.81. The van der Waals surface area contributed by atoms with Crippen LogP contribution >= 0.6 is 0 Å². The van der Waals surface area contributed by atoms with Gasteiger partial charge in [-0.15, -0.1) is 0 Å². The van der Waals surface area contributed by atoms with Crippen molar-refractivity contribution in [2.24, 2.45) is 0 Å². The van der Waals surface area contributed by atoms with Crippen molar-refractivity contribution in [1.29, 1.82) is 0 Å². The monoisotopic (exact) mass is 318 g/mol. The molecule has 3 rings (SSSR count). The second-order valence-corrected chi connectivity index (χ2v) is 5.40. The molecule has 0 aromatic carbocycles. The lowest BCUT2D eigenvalue weighted by Gasteiger charge is -2.26. The zero-order valence-electron chi connectivity index (χ0n) is 12.7. The van der Waals surface area contributed by atoms with Crippen molar-refractivity contribution in [3.63, 3.8) is 0 Å². The number of hydrogen-bond donors (Lipinski definition) is 1. The lowest BCUT2D eigenvalue weighted by Crippen LogP contribution is -2.44. The van der Waals surface area contributed by atoms with Crippen molar-refractivity contribution in [3.05, 3.63) is 29.6 Å². The average molecular weight is 318 g/mol. The van der Waals surface area contributed by atoms with Crippen LogP contribution in [0, 0.1) is 0 Å². The molecule has 23 heavy (non-hydrogen) atoms. The molecule has 2 aliphatic heterocycles. The Hall–Kier alpha value is -2.32. The molecule has 0 radical (unpaired) electrons. The third-order valence-electron chi connectivity index (χ3n) is 3.89. The van der Waals surface area contributed by atoms with Gasteiger partial charge in [-0.1, -0.05) is 0 Å². The summed E-state index contributed by atoms with van der Waals surface area (Å²) in [5.41, 5.74) is 0.359. The van der Waals surface area contributed by atoms with Crippen molar-refractivity contribution in [2.75, 3.05) is 45.9 Å². The fourth-order valence-corrected chi connectivity index (χ4v) is 2.64. The molecular weight excluding hydrogens is 300 g/mol. The number of fused-ring (bicyclic) bond motifs is 1. The van der Waals surface area contributed by atoms with Gasteiger partial charge in [0, 0.05) is 32.4 Å². The van der Waals surface area contributed by atoms with Crippen LogP contribution in [-0.2, 0) is 9.53 Å². The molecule has 1 saturated heterocycles. The Morgan fingerprint density at radius 3 is 2.78 bits per heavy atom. The fourth-order valence-electron chi connectivity index (χ4n) is 2.64. The second-order valence-electron chi connectivity index (χ2n) is 5.40. The van der Waals surface area contributed by atoms with Crippen LogP contribution in [0.2, 0.25) is 0 Å². The van der Waals surface area contributed by atoms with E-state index in [4.69, 9.17) is 4.74 Å². The minimum Gasteiger partial charge on any atom is -0.379 e. The Morgan fingerprint density at radius 2 is 2.04 bits per heavy atom. The number of amides is 3. The van der Waals surface area contributed by atoms with Crippen molar-refractivity contribution >= 4 is 17.7 Å². The number of nitrogens with zero attached hydrogens (tertiary/aromatic N) is 3. The minimum atomic E-state index is -0.520. The molecule has 0 atom stereocenters. The number of carbonyl (C=O) groups is 3. The molecule has 122 valence electrons. The highest BCUT2D eigenvalue weighted by atomic mass is 16.5.